The summed E-state index contributed by atoms with van der Waals surface area (Å²) < 4.78 is 17.2. The quantitative estimate of drug-likeness (QED) is 0.342. The highest BCUT2D eigenvalue weighted by molar-refractivity contribution is 7.99. The van der Waals surface area contributed by atoms with Gasteiger partial charge in [-0.25, -0.2) is 4.79 Å². The van der Waals surface area contributed by atoms with E-state index in [0.29, 0.717) is 17.9 Å². The van der Waals surface area contributed by atoms with Crippen molar-refractivity contribution in [2.24, 2.45) is 0 Å². The Morgan fingerprint density at radius 1 is 1.29 bits per heavy atom. The molecule has 0 atom stereocenters. The number of anilines is 1. The van der Waals surface area contributed by atoms with Crippen molar-refractivity contribution in [3.8, 4) is 17.2 Å². The first-order valence-electron chi connectivity index (χ1n) is 9.29. The maximum atomic E-state index is 12.6. The Kier molecular flexibility index (Phi) is 7.26. The molecule has 0 unspecified atom stereocenters. The van der Waals surface area contributed by atoms with E-state index in [-0.39, 0.29) is 41.4 Å². The van der Waals surface area contributed by atoms with Crippen LogP contribution in [0.1, 0.15) is 17.3 Å². The second-order valence-corrected chi connectivity index (χ2v) is 7.10. The maximum absolute atomic E-state index is 12.6. The van der Waals surface area contributed by atoms with Crippen molar-refractivity contribution in [2.75, 3.05) is 31.8 Å². The number of thioether (sulfide) groups is 1. The second kappa shape index (κ2) is 10.1. The lowest BCUT2D eigenvalue weighted by Gasteiger charge is -2.11. The number of aromatic amines is 1. The number of nitrogens with two attached hydrogens (primary N) is 1. The molecule has 11 nitrogen and oxygen atoms in total. The maximum Gasteiger partial charge on any atom is 0.330 e. The van der Waals surface area contributed by atoms with E-state index in [1.165, 1.54) is 7.11 Å². The van der Waals surface area contributed by atoms with Crippen LogP contribution in [0.5, 0.6) is 5.75 Å². The smallest absolute Gasteiger partial charge is 0.330 e. The van der Waals surface area contributed by atoms with Gasteiger partial charge in [-0.1, -0.05) is 23.9 Å². The number of para-hydroxylation sites is 1. The molecule has 31 heavy (non-hydrogen) atoms. The van der Waals surface area contributed by atoms with Crippen molar-refractivity contribution < 1.29 is 18.7 Å². The van der Waals surface area contributed by atoms with Crippen LogP contribution in [0.25, 0.3) is 11.5 Å². The molecule has 0 aliphatic rings. The molecule has 2 heterocycles. The predicted octanol–water partition coefficient (Wildman–Crippen LogP) is 1.19. The Labute approximate surface area is 180 Å². The first kappa shape index (κ1) is 22.3. The highest BCUT2D eigenvalue weighted by Gasteiger charge is 2.21. The van der Waals surface area contributed by atoms with E-state index in [1.807, 2.05) is 19.1 Å². The molecule has 3 rings (SSSR count). The van der Waals surface area contributed by atoms with E-state index in [4.69, 9.17) is 19.6 Å². The number of benzene rings is 1. The van der Waals surface area contributed by atoms with Gasteiger partial charge in [0, 0.05) is 7.11 Å². The third-order valence-electron chi connectivity index (χ3n) is 4.19. The number of ether oxygens (including phenoxy) is 2. The van der Waals surface area contributed by atoms with Crippen LogP contribution in [0.3, 0.4) is 0 Å². The molecular weight excluding hydrogens is 426 g/mol. The minimum atomic E-state index is -0.848. The van der Waals surface area contributed by atoms with Gasteiger partial charge in [0.15, 0.2) is 5.78 Å². The van der Waals surface area contributed by atoms with Gasteiger partial charge in [0.25, 0.3) is 16.7 Å². The standard InChI is InChI=1S/C19H21N5O6S/c1-3-29-13-7-5-4-6-11(13)17-22-23-19(30-17)31-10-12(25)14-15(20)24(8-9-28-2)18(27)21-16(14)26/h4-7H,3,8-10,20H2,1-2H3,(H,21,26,27). The van der Waals surface area contributed by atoms with Crippen LogP contribution in [0, 0.1) is 0 Å². The zero-order chi connectivity index (χ0) is 22.4. The van der Waals surface area contributed by atoms with Gasteiger partial charge in [0.05, 0.1) is 31.1 Å². The van der Waals surface area contributed by atoms with E-state index < -0.39 is 17.0 Å². The average Bonchev–Trinajstić information content (AvgIpc) is 3.21. The Balaban J connectivity index is 1.77. The van der Waals surface area contributed by atoms with Crippen molar-refractivity contribution in [1.82, 2.24) is 19.7 Å². The Morgan fingerprint density at radius 2 is 2.06 bits per heavy atom. The first-order valence-corrected chi connectivity index (χ1v) is 10.3. The lowest BCUT2D eigenvalue weighted by molar-refractivity contribution is 0.102. The number of ketones is 1. The summed E-state index contributed by atoms with van der Waals surface area (Å²) in [6, 6.07) is 7.20. The molecule has 0 saturated carbocycles. The summed E-state index contributed by atoms with van der Waals surface area (Å²) in [6.45, 7) is 2.62. The average molecular weight is 447 g/mol. The summed E-state index contributed by atoms with van der Waals surface area (Å²) >= 11 is 0.952. The SMILES string of the molecule is CCOc1ccccc1-c1nnc(SCC(=O)c2c(N)n(CCOC)c(=O)[nH]c2=O)o1. The number of nitrogen functional groups attached to an aromatic ring is 1. The number of carbonyl (C=O) groups is 1. The number of hydrogen-bond donors (Lipinski definition) is 2. The molecule has 12 heteroatoms. The summed E-state index contributed by atoms with van der Waals surface area (Å²) in [6.07, 6.45) is 0. The summed E-state index contributed by atoms with van der Waals surface area (Å²) in [4.78, 5) is 38.8. The molecule has 0 amide bonds. The molecule has 0 fully saturated rings. The Morgan fingerprint density at radius 3 is 2.81 bits per heavy atom. The van der Waals surface area contributed by atoms with Crippen LogP contribution in [0.4, 0.5) is 5.82 Å². The van der Waals surface area contributed by atoms with Crippen molar-refractivity contribution in [2.45, 2.75) is 18.7 Å². The molecule has 0 aliphatic heterocycles. The largest absolute Gasteiger partial charge is 0.493 e. The van der Waals surface area contributed by atoms with E-state index in [9.17, 15) is 14.4 Å². The normalized spacial score (nSPS) is 10.9. The summed E-state index contributed by atoms with van der Waals surface area (Å²) in [5.74, 6) is -0.147. The number of methoxy groups -OCH3 is 1. The second-order valence-electron chi connectivity index (χ2n) is 6.18. The van der Waals surface area contributed by atoms with Gasteiger partial charge >= 0.3 is 5.69 Å². The topological polar surface area (TPSA) is 155 Å². The van der Waals surface area contributed by atoms with Crippen molar-refractivity contribution in [3.63, 3.8) is 0 Å². The van der Waals surface area contributed by atoms with Gasteiger partial charge in [-0.3, -0.25) is 19.1 Å². The molecule has 3 aromatic rings. The molecule has 0 radical (unpaired) electrons. The Bertz CT molecular complexity index is 1190. The molecule has 0 bridgehead atoms. The van der Waals surface area contributed by atoms with Crippen LogP contribution in [0.2, 0.25) is 0 Å². The van der Waals surface area contributed by atoms with Gasteiger partial charge in [-0.2, -0.15) is 0 Å². The predicted molar refractivity (Wildman–Crippen MR) is 114 cm³/mol. The van der Waals surface area contributed by atoms with E-state index in [2.05, 4.69) is 15.2 Å². The van der Waals surface area contributed by atoms with E-state index in [1.54, 1.807) is 12.1 Å². The summed E-state index contributed by atoms with van der Waals surface area (Å²) in [5, 5.41) is 8.06. The van der Waals surface area contributed by atoms with Gasteiger partial charge < -0.3 is 19.6 Å². The fourth-order valence-corrected chi connectivity index (χ4v) is 3.40. The summed E-state index contributed by atoms with van der Waals surface area (Å²) in [7, 11) is 1.46. The van der Waals surface area contributed by atoms with Gasteiger partial charge in [-0.15, -0.1) is 10.2 Å². The van der Waals surface area contributed by atoms with Crippen LogP contribution in [0.15, 0.2) is 43.5 Å². The van der Waals surface area contributed by atoms with E-state index >= 15 is 0 Å². The van der Waals surface area contributed by atoms with Crippen molar-refractivity contribution >= 4 is 23.4 Å². The number of H-pyrrole nitrogens is 1. The highest BCUT2D eigenvalue weighted by Crippen LogP contribution is 2.30. The minimum absolute atomic E-state index is 0.0949. The first-order chi connectivity index (χ1) is 15.0. The molecule has 164 valence electrons. The molecule has 2 aromatic heterocycles. The lowest BCUT2D eigenvalue weighted by Crippen LogP contribution is -2.37. The highest BCUT2D eigenvalue weighted by atomic mass is 32.2. The molecule has 0 saturated heterocycles. The van der Waals surface area contributed by atoms with Gasteiger partial charge in [0.1, 0.15) is 17.1 Å². The zero-order valence-electron chi connectivity index (χ0n) is 16.9. The molecular formula is C19H21N5O6S. The lowest BCUT2D eigenvalue weighted by atomic mass is 10.2. The third-order valence-corrected chi connectivity index (χ3v) is 5.01. The zero-order valence-corrected chi connectivity index (χ0v) is 17.7. The van der Waals surface area contributed by atoms with E-state index in [0.717, 1.165) is 16.3 Å². The Hall–Kier alpha value is -3.38. The third kappa shape index (κ3) is 5.03. The van der Waals surface area contributed by atoms with Crippen LogP contribution < -0.4 is 21.7 Å². The molecule has 1 aromatic carbocycles. The van der Waals surface area contributed by atoms with Crippen molar-refractivity contribution in [1.29, 1.82) is 0 Å². The van der Waals surface area contributed by atoms with Crippen LogP contribution in [-0.4, -0.2) is 51.6 Å². The van der Waals surface area contributed by atoms with Gasteiger partial charge in [-0.05, 0) is 19.1 Å². The fraction of sp³-hybridized carbons (Fsp3) is 0.316. The van der Waals surface area contributed by atoms with Crippen LogP contribution >= 0.6 is 11.8 Å². The number of rotatable bonds is 10. The van der Waals surface area contributed by atoms with Crippen molar-refractivity contribution in [3.05, 3.63) is 50.7 Å². The number of carbonyl (C=O) groups excluding carboxylic acids is 1. The number of nitrogens with zero attached hydrogens (tertiary/aromatic N) is 3. The monoisotopic (exact) mass is 447 g/mol. The summed E-state index contributed by atoms with van der Waals surface area (Å²) in [5.41, 5.74) is 4.68. The molecule has 3 N–H and O–H groups in total. The number of Topliss-reactive ketones (excluding diaryl/α,β-unsaturated/α-hetero) is 1. The number of aromatic nitrogens is 4. The number of hydrogen-bond acceptors (Lipinski definition) is 10. The molecule has 0 aliphatic carbocycles. The van der Waals surface area contributed by atoms with Crippen LogP contribution in [-0.2, 0) is 11.3 Å². The minimum Gasteiger partial charge on any atom is -0.493 e. The number of nitrogens with one attached hydrogen (secondary N) is 1. The molecule has 0 spiro atoms. The fourth-order valence-electron chi connectivity index (χ4n) is 2.76. The van der Waals surface area contributed by atoms with Gasteiger partial charge in [0.2, 0.25) is 0 Å².